The second-order valence-electron chi connectivity index (χ2n) is 9.94. The highest BCUT2D eigenvalue weighted by Gasteiger charge is 2.35. The zero-order valence-corrected chi connectivity index (χ0v) is 25.1. The third kappa shape index (κ3) is 8.96. The molecule has 2 amide bonds. The van der Waals surface area contributed by atoms with Crippen molar-refractivity contribution in [3.05, 3.63) is 100 Å². The van der Waals surface area contributed by atoms with Crippen molar-refractivity contribution < 1.29 is 31.2 Å². The van der Waals surface area contributed by atoms with Crippen LogP contribution in [0.3, 0.4) is 0 Å². The zero-order valence-electron chi connectivity index (χ0n) is 23.5. The molecule has 42 heavy (non-hydrogen) atoms. The Hall–Kier alpha value is -3.57. The van der Waals surface area contributed by atoms with E-state index in [-0.39, 0.29) is 18.0 Å². The Balaban J connectivity index is 2.10. The van der Waals surface area contributed by atoms with Crippen LogP contribution in [0.5, 0.6) is 0 Å². The average Bonchev–Trinajstić information content (AvgIpc) is 2.92. The molecule has 3 aromatic rings. The molecule has 0 radical (unpaired) electrons. The van der Waals surface area contributed by atoms with E-state index in [2.05, 4.69) is 5.32 Å². The van der Waals surface area contributed by atoms with Crippen LogP contribution in [0.2, 0.25) is 5.02 Å². The number of halogens is 4. The fourth-order valence-electron chi connectivity index (χ4n) is 4.40. The minimum absolute atomic E-state index is 0.0501. The average molecular weight is 624 g/mol. The fraction of sp³-hybridized carbons (Fsp3) is 0.333. The van der Waals surface area contributed by atoms with E-state index in [9.17, 15) is 31.2 Å². The van der Waals surface area contributed by atoms with Gasteiger partial charge in [-0.2, -0.15) is 13.2 Å². The fourth-order valence-corrected chi connectivity index (χ4v) is 5.53. The number of sulfonamides is 1. The van der Waals surface area contributed by atoms with Gasteiger partial charge in [0.05, 0.1) is 22.5 Å². The second kappa shape index (κ2) is 14.1. The normalized spacial score (nSPS) is 12.5. The van der Waals surface area contributed by atoms with Crippen molar-refractivity contribution in [2.75, 3.05) is 23.7 Å². The van der Waals surface area contributed by atoms with Crippen LogP contribution in [0, 0.1) is 6.92 Å². The lowest BCUT2D eigenvalue weighted by molar-refractivity contribution is -0.140. The Morgan fingerprint density at radius 3 is 2.24 bits per heavy atom. The minimum atomic E-state index is -4.78. The van der Waals surface area contributed by atoms with Crippen LogP contribution in [0.4, 0.5) is 18.9 Å². The van der Waals surface area contributed by atoms with Gasteiger partial charge in [-0.1, -0.05) is 78.7 Å². The van der Waals surface area contributed by atoms with Gasteiger partial charge in [0.1, 0.15) is 12.6 Å². The van der Waals surface area contributed by atoms with Gasteiger partial charge >= 0.3 is 6.18 Å². The Morgan fingerprint density at radius 2 is 1.64 bits per heavy atom. The number of alkyl halides is 3. The molecule has 0 heterocycles. The van der Waals surface area contributed by atoms with Crippen LogP contribution >= 0.6 is 11.6 Å². The minimum Gasteiger partial charge on any atom is -0.354 e. The third-order valence-corrected chi connectivity index (χ3v) is 7.92. The molecule has 0 aliphatic rings. The summed E-state index contributed by atoms with van der Waals surface area (Å²) in [4.78, 5) is 28.8. The molecule has 0 spiro atoms. The van der Waals surface area contributed by atoms with Crippen molar-refractivity contribution in [2.45, 2.75) is 45.5 Å². The molecule has 0 aliphatic heterocycles. The standard InChI is InChI=1S/C30H33ClF3N3O4S/c1-4-15-35-29(39)27(17-22-10-6-5-7-11-22)36(19-23-12-8-9-21(2)16-23)28(38)20-37(42(3,40)41)26-18-24(30(32,33)34)13-14-25(26)31/h5-14,16,18,27H,4,15,17,19-20H2,1-3H3,(H,35,39)/t27-/m0/s1. The van der Waals surface area contributed by atoms with E-state index in [4.69, 9.17) is 11.6 Å². The van der Waals surface area contributed by atoms with E-state index < -0.39 is 51.9 Å². The lowest BCUT2D eigenvalue weighted by Gasteiger charge is -2.33. The summed E-state index contributed by atoms with van der Waals surface area (Å²) >= 11 is 6.17. The van der Waals surface area contributed by atoms with Crippen LogP contribution in [-0.4, -0.2) is 50.5 Å². The molecule has 12 heteroatoms. The molecule has 3 rings (SSSR count). The lowest BCUT2D eigenvalue weighted by atomic mass is 10.0. The van der Waals surface area contributed by atoms with Crippen LogP contribution in [0.25, 0.3) is 0 Å². The first-order valence-electron chi connectivity index (χ1n) is 13.2. The van der Waals surface area contributed by atoms with Crippen molar-refractivity contribution in [3.63, 3.8) is 0 Å². The maximum Gasteiger partial charge on any atom is 0.416 e. The van der Waals surface area contributed by atoms with Gasteiger partial charge in [0.15, 0.2) is 0 Å². The number of nitrogens with one attached hydrogen (secondary N) is 1. The van der Waals surface area contributed by atoms with E-state index in [0.717, 1.165) is 29.5 Å². The van der Waals surface area contributed by atoms with Crippen molar-refractivity contribution in [1.29, 1.82) is 0 Å². The summed E-state index contributed by atoms with van der Waals surface area (Å²) < 4.78 is 66.8. The summed E-state index contributed by atoms with van der Waals surface area (Å²) in [6.45, 7) is 3.17. The molecule has 0 fully saturated rings. The summed E-state index contributed by atoms with van der Waals surface area (Å²) in [5.41, 5.74) is 0.738. The Kier molecular flexibility index (Phi) is 11.0. The van der Waals surface area contributed by atoms with E-state index >= 15 is 0 Å². The number of hydrogen-bond acceptors (Lipinski definition) is 4. The summed E-state index contributed by atoms with van der Waals surface area (Å²) in [6, 6.07) is 17.5. The molecule has 0 saturated heterocycles. The molecule has 0 saturated carbocycles. The molecule has 226 valence electrons. The molecule has 3 aromatic carbocycles. The summed E-state index contributed by atoms with van der Waals surface area (Å²) in [7, 11) is -4.30. The molecule has 1 atom stereocenters. The van der Waals surface area contributed by atoms with Gasteiger partial charge in [-0.3, -0.25) is 13.9 Å². The Bertz CT molecular complexity index is 1500. The van der Waals surface area contributed by atoms with Gasteiger partial charge in [0, 0.05) is 19.5 Å². The molecular weight excluding hydrogens is 591 g/mol. The van der Waals surface area contributed by atoms with Crippen molar-refractivity contribution in [1.82, 2.24) is 10.2 Å². The Morgan fingerprint density at radius 1 is 0.976 bits per heavy atom. The highest BCUT2D eigenvalue weighted by Crippen LogP contribution is 2.36. The maximum absolute atomic E-state index is 14.0. The van der Waals surface area contributed by atoms with Crippen molar-refractivity contribution >= 4 is 39.1 Å². The second-order valence-corrected chi connectivity index (χ2v) is 12.3. The quantitative estimate of drug-likeness (QED) is 0.285. The highest BCUT2D eigenvalue weighted by molar-refractivity contribution is 7.92. The number of anilines is 1. The van der Waals surface area contributed by atoms with E-state index in [0.29, 0.717) is 28.9 Å². The van der Waals surface area contributed by atoms with Gasteiger partial charge in [0.25, 0.3) is 0 Å². The van der Waals surface area contributed by atoms with Crippen molar-refractivity contribution in [2.24, 2.45) is 0 Å². The third-order valence-electron chi connectivity index (χ3n) is 6.48. The number of carbonyl (C=O) groups excluding carboxylic acids is 2. The van der Waals surface area contributed by atoms with Gasteiger partial charge < -0.3 is 10.2 Å². The predicted octanol–water partition coefficient (Wildman–Crippen LogP) is 5.60. The number of hydrogen-bond donors (Lipinski definition) is 1. The summed E-state index contributed by atoms with van der Waals surface area (Å²) in [5.74, 6) is -1.23. The Labute approximate surface area is 249 Å². The van der Waals surface area contributed by atoms with Crippen molar-refractivity contribution in [3.8, 4) is 0 Å². The van der Waals surface area contributed by atoms with E-state index in [1.54, 1.807) is 36.4 Å². The topological polar surface area (TPSA) is 86.8 Å². The van der Waals surface area contributed by atoms with Crippen LogP contribution in [0.1, 0.15) is 35.6 Å². The maximum atomic E-state index is 14.0. The lowest BCUT2D eigenvalue weighted by Crippen LogP contribution is -2.53. The first-order valence-corrected chi connectivity index (χ1v) is 15.4. The van der Waals surface area contributed by atoms with E-state index in [1.807, 2.05) is 32.0 Å². The molecule has 1 N–H and O–H groups in total. The molecule has 0 aromatic heterocycles. The van der Waals surface area contributed by atoms with Gasteiger partial charge in [-0.05, 0) is 42.7 Å². The number of aryl methyl sites for hydroxylation is 1. The van der Waals surface area contributed by atoms with Crippen LogP contribution in [-0.2, 0) is 38.8 Å². The highest BCUT2D eigenvalue weighted by atomic mass is 35.5. The van der Waals surface area contributed by atoms with Crippen LogP contribution < -0.4 is 9.62 Å². The SMILES string of the molecule is CCCNC(=O)[C@H](Cc1ccccc1)N(Cc1cccc(C)c1)C(=O)CN(c1cc(C(F)(F)F)ccc1Cl)S(C)(=O)=O. The molecular formula is C30H33ClF3N3O4S. The number of carbonyl (C=O) groups is 2. The van der Waals surface area contributed by atoms with Gasteiger partial charge in [-0.25, -0.2) is 8.42 Å². The molecule has 0 bridgehead atoms. The van der Waals surface area contributed by atoms with Gasteiger partial charge in [-0.15, -0.1) is 0 Å². The zero-order chi connectivity index (χ0) is 31.1. The first-order chi connectivity index (χ1) is 19.7. The first kappa shape index (κ1) is 32.9. The molecule has 0 aliphatic carbocycles. The largest absolute Gasteiger partial charge is 0.416 e. The van der Waals surface area contributed by atoms with Crippen LogP contribution in [0.15, 0.2) is 72.8 Å². The number of amides is 2. The summed E-state index contributed by atoms with van der Waals surface area (Å²) in [5, 5.41) is 2.54. The molecule has 0 unspecified atom stereocenters. The van der Waals surface area contributed by atoms with Gasteiger partial charge in [0.2, 0.25) is 21.8 Å². The summed E-state index contributed by atoms with van der Waals surface area (Å²) in [6.07, 6.45) is -3.23. The molecule has 7 nitrogen and oxygen atoms in total. The monoisotopic (exact) mass is 623 g/mol. The number of nitrogens with zero attached hydrogens (tertiary/aromatic N) is 2. The van der Waals surface area contributed by atoms with E-state index in [1.165, 1.54) is 4.90 Å². The predicted molar refractivity (Wildman–Crippen MR) is 158 cm³/mol. The number of rotatable bonds is 12. The smallest absolute Gasteiger partial charge is 0.354 e. The number of benzene rings is 3.